The maximum atomic E-state index is 4.22. The molecule has 1 heterocycles. The second kappa shape index (κ2) is 44.7. The van der Waals surface area contributed by atoms with E-state index < -0.39 is 0 Å². The number of imidazole rings is 1. The Labute approximate surface area is 368 Å². The second-order valence-electron chi connectivity index (χ2n) is 13.3. The van der Waals surface area contributed by atoms with Gasteiger partial charge < -0.3 is 25.4 Å². The number of hydrogen-bond acceptors (Lipinski definition) is 3. The molecule has 1 aromatic rings. The molecular weight excluding hydrogens is 1040 g/mol. The summed E-state index contributed by atoms with van der Waals surface area (Å²) in [5.41, 5.74) is 0. The average Bonchev–Trinajstić information content (AvgIpc) is 3.29. The Morgan fingerprint density at radius 1 is 0.646 bits per heavy atom. The van der Waals surface area contributed by atoms with Crippen LogP contribution < -0.4 is 4.57 Å². The normalized spacial score (nSPS) is 9.56. The molecule has 0 aromatic carbocycles. The molecule has 0 aliphatic carbocycles. The SMILES string of the molecule is C.C.C.CC(C)C(C(C)C)N(C)C.CC(C)N(C)C(C)C.CC(C)n1cc[n+](C(C)C)c1.CN=C([N-]C(C)C)[N-]C(C)C.[Ru+].[Ru+].[Ru+].[Ru+].[Ru]. The number of aliphatic imine (C=N–C) groups is 1. The molecule has 0 fully saturated rings. The molecule has 0 saturated heterocycles. The minimum absolute atomic E-state index is 0. The largest absolute Gasteiger partial charge is 1.00 e. The molecule has 0 unspecified atom stereocenters. The van der Waals surface area contributed by atoms with Crippen LogP contribution in [0.3, 0.4) is 0 Å². The predicted molar refractivity (Wildman–Crippen MR) is 201 cm³/mol. The Balaban J connectivity index is -0.0000000403. The van der Waals surface area contributed by atoms with Gasteiger partial charge in [0.15, 0.2) is 0 Å². The molecule has 300 valence electrons. The van der Waals surface area contributed by atoms with Crippen molar-refractivity contribution in [1.82, 2.24) is 14.4 Å². The summed E-state index contributed by atoms with van der Waals surface area (Å²) in [4.78, 5) is 8.60. The van der Waals surface area contributed by atoms with E-state index in [9.17, 15) is 0 Å². The van der Waals surface area contributed by atoms with E-state index in [1.807, 2.05) is 27.7 Å². The summed E-state index contributed by atoms with van der Waals surface area (Å²) in [5, 5.41) is 8.44. The van der Waals surface area contributed by atoms with Crippen LogP contribution in [0.25, 0.3) is 10.6 Å². The molecule has 0 spiro atoms. The van der Waals surface area contributed by atoms with Crippen LogP contribution in [-0.2, 0) is 97.4 Å². The third-order valence-electron chi connectivity index (χ3n) is 6.41. The van der Waals surface area contributed by atoms with Gasteiger partial charge in [-0.2, -0.15) is 5.96 Å². The van der Waals surface area contributed by atoms with Gasteiger partial charge in [0.2, 0.25) is 6.33 Å². The van der Waals surface area contributed by atoms with Crippen molar-refractivity contribution in [3.8, 4) is 0 Å². The summed E-state index contributed by atoms with van der Waals surface area (Å²) < 4.78 is 4.42. The summed E-state index contributed by atoms with van der Waals surface area (Å²) in [6.07, 6.45) is 6.38. The van der Waals surface area contributed by atoms with Crippen LogP contribution in [0.5, 0.6) is 0 Å². The van der Waals surface area contributed by atoms with E-state index in [-0.39, 0.29) is 132 Å². The van der Waals surface area contributed by atoms with E-state index in [2.05, 4.69) is 158 Å². The molecule has 0 N–H and O–H groups in total. The summed E-state index contributed by atoms with van der Waals surface area (Å²) in [6, 6.07) is 3.75. The maximum Gasteiger partial charge on any atom is 1.00 e. The van der Waals surface area contributed by atoms with Crippen LogP contribution in [0.1, 0.15) is 145 Å². The van der Waals surface area contributed by atoms with Crippen LogP contribution >= 0.6 is 0 Å². The van der Waals surface area contributed by atoms with Gasteiger partial charge in [-0.05, 0) is 88.4 Å². The quantitative estimate of drug-likeness (QED) is 0.107. The van der Waals surface area contributed by atoms with Gasteiger partial charge in [0.05, 0.1) is 12.1 Å². The number of aromatic nitrogens is 2. The van der Waals surface area contributed by atoms with Gasteiger partial charge in [-0.15, -0.1) is 0 Å². The van der Waals surface area contributed by atoms with E-state index in [1.54, 1.807) is 7.05 Å². The van der Waals surface area contributed by atoms with E-state index in [4.69, 9.17) is 0 Å². The first-order valence-corrected chi connectivity index (χ1v) is 15.5. The summed E-state index contributed by atoms with van der Waals surface area (Å²) in [7, 11) is 8.18. The number of guanidine groups is 1. The first-order chi connectivity index (χ1) is 18.2. The van der Waals surface area contributed by atoms with Crippen LogP contribution in [0.4, 0.5) is 0 Å². The van der Waals surface area contributed by atoms with Crippen molar-refractivity contribution in [1.29, 1.82) is 0 Å². The molecule has 1 rings (SSSR count). The Morgan fingerprint density at radius 3 is 1.08 bits per heavy atom. The Kier molecular flexibility index (Phi) is 73.1. The first kappa shape index (κ1) is 78.6. The van der Waals surface area contributed by atoms with Crippen LogP contribution in [-0.4, -0.2) is 78.7 Å². The van der Waals surface area contributed by atoms with E-state index in [0.29, 0.717) is 30.1 Å². The van der Waals surface area contributed by atoms with Gasteiger partial charge in [-0.1, -0.05) is 96.8 Å². The molecular formula is C36H84N7Ru5+3. The first-order valence-electron chi connectivity index (χ1n) is 15.5. The van der Waals surface area contributed by atoms with Gasteiger partial charge in [0.1, 0.15) is 12.4 Å². The molecule has 0 saturated carbocycles. The third kappa shape index (κ3) is 43.7. The van der Waals surface area contributed by atoms with Crippen LogP contribution in [0.15, 0.2) is 23.7 Å². The van der Waals surface area contributed by atoms with Crippen molar-refractivity contribution in [3.63, 3.8) is 0 Å². The van der Waals surface area contributed by atoms with Crippen LogP contribution in [0, 0.1) is 11.8 Å². The zero-order chi connectivity index (χ0) is 32.3. The molecule has 1 aromatic heterocycles. The summed E-state index contributed by atoms with van der Waals surface area (Å²) in [5.74, 6) is 2.14. The second-order valence-corrected chi connectivity index (χ2v) is 13.3. The zero-order valence-electron chi connectivity index (χ0n) is 32.3. The van der Waals surface area contributed by atoms with E-state index in [0.717, 1.165) is 17.9 Å². The molecule has 0 bridgehead atoms. The van der Waals surface area contributed by atoms with Crippen molar-refractivity contribution in [2.45, 2.75) is 175 Å². The van der Waals surface area contributed by atoms with Gasteiger partial charge in [0.25, 0.3) is 0 Å². The smallest absolute Gasteiger partial charge is 0.555 e. The number of hydrogen-bond donors (Lipinski definition) is 0. The van der Waals surface area contributed by atoms with Gasteiger partial charge in [-0.3, -0.25) is 0 Å². The predicted octanol–water partition coefficient (Wildman–Crippen LogP) is 10.3. The monoisotopic (exact) mass is 1120 g/mol. The van der Waals surface area contributed by atoms with Gasteiger partial charge in [0, 0.05) is 37.6 Å². The molecule has 0 aliphatic rings. The van der Waals surface area contributed by atoms with Gasteiger partial charge in [-0.25, -0.2) is 9.13 Å². The van der Waals surface area contributed by atoms with E-state index in [1.165, 1.54) is 0 Å². The van der Waals surface area contributed by atoms with E-state index >= 15 is 0 Å². The van der Waals surface area contributed by atoms with Crippen molar-refractivity contribution < 1.29 is 102 Å². The molecule has 0 aliphatic heterocycles. The zero-order valence-corrected chi connectivity index (χ0v) is 41.0. The summed E-state index contributed by atoms with van der Waals surface area (Å²) >= 11 is 0. The third-order valence-corrected chi connectivity index (χ3v) is 6.41. The molecule has 0 amide bonds. The topological polar surface area (TPSA) is 55.9 Å². The molecule has 4 radical (unpaired) electrons. The fraction of sp³-hybridized carbons (Fsp3) is 0.889. The summed E-state index contributed by atoms with van der Waals surface area (Å²) in [6.45, 7) is 34.8. The fourth-order valence-corrected chi connectivity index (χ4v) is 4.17. The molecule has 48 heavy (non-hydrogen) atoms. The van der Waals surface area contributed by atoms with Gasteiger partial charge >= 0.3 is 77.9 Å². The number of nitrogens with zero attached hydrogens (tertiary/aromatic N) is 7. The Morgan fingerprint density at radius 2 is 0.979 bits per heavy atom. The fourth-order valence-electron chi connectivity index (χ4n) is 4.17. The minimum Gasteiger partial charge on any atom is -0.555 e. The Hall–Kier alpha value is 1.52. The Bertz CT molecular complexity index is 691. The minimum atomic E-state index is 0. The van der Waals surface area contributed by atoms with Crippen molar-refractivity contribution in [2.75, 3.05) is 28.2 Å². The molecule has 12 heteroatoms. The van der Waals surface area contributed by atoms with Crippen molar-refractivity contribution >= 4 is 5.96 Å². The van der Waals surface area contributed by atoms with Crippen molar-refractivity contribution in [2.24, 2.45) is 16.8 Å². The number of rotatable bonds is 9. The standard InChI is InChI=1S/C9H17N2.C9H21N.C8H17N3.C7H17N.3CH4.5Ru/c1-8(2)10-5-6-11(7-10)9(3)4;1-7(2)9(8(3)4)10(5)6;1-6(2)10-8(9-5)11-7(3)4;1-6(2)8(5)7(3)4;;;;;;;;/h5-9H,1-4H3;7-9H,1-6H3;6-7H,1-5H3;6-7H,1-5H3;3*1H4;;;;;/q+1;;-2;;;;;;4*+1. The average molecular weight is 1120 g/mol. The van der Waals surface area contributed by atoms with Crippen LogP contribution in [0.2, 0.25) is 0 Å². The maximum absolute atomic E-state index is 4.22. The molecule has 0 atom stereocenters. The molecule has 7 nitrogen and oxygen atoms in total. The van der Waals surface area contributed by atoms with Crippen molar-refractivity contribution in [3.05, 3.63) is 29.4 Å².